The Hall–Kier alpha value is -2.87. The van der Waals surface area contributed by atoms with Gasteiger partial charge in [0.05, 0.1) is 30.2 Å². The Labute approximate surface area is 156 Å². The summed E-state index contributed by atoms with van der Waals surface area (Å²) < 4.78 is 12.7. The summed E-state index contributed by atoms with van der Waals surface area (Å²) in [6, 6.07) is 7.61. The van der Waals surface area contributed by atoms with Crippen LogP contribution < -0.4 is 15.2 Å². The van der Waals surface area contributed by atoms with Crippen LogP contribution in [0, 0.1) is 0 Å². The molecule has 4 rings (SSSR count). The summed E-state index contributed by atoms with van der Waals surface area (Å²) in [4.78, 5) is 14.7. The molecule has 0 saturated carbocycles. The molecule has 0 amide bonds. The lowest BCUT2D eigenvalue weighted by atomic mass is 10.1. The second-order valence-corrected chi connectivity index (χ2v) is 6.86. The number of ether oxygens (including phenoxy) is 2. The van der Waals surface area contributed by atoms with E-state index in [0.717, 1.165) is 16.7 Å². The van der Waals surface area contributed by atoms with Crippen molar-refractivity contribution >= 4 is 16.6 Å². The van der Waals surface area contributed by atoms with Gasteiger partial charge in [-0.15, -0.1) is 0 Å². The van der Waals surface area contributed by atoms with Crippen LogP contribution in [0.2, 0.25) is 0 Å². The van der Waals surface area contributed by atoms with Crippen LogP contribution in [0.3, 0.4) is 0 Å². The number of nitrogens with zero attached hydrogens (tertiary/aromatic N) is 4. The predicted octanol–water partition coefficient (Wildman–Crippen LogP) is 1.95. The second-order valence-electron chi connectivity index (χ2n) is 6.86. The number of aryl methyl sites for hydroxylation is 1. The SMILES string of the molecule is CC(C)Oc1cccc2[nH]nc(-c3cc(N4CCOCC4)c(=O)n(C)n3)c12. The molecule has 1 N–H and O–H groups in total. The van der Waals surface area contributed by atoms with Crippen molar-refractivity contribution in [3.63, 3.8) is 0 Å². The van der Waals surface area contributed by atoms with Crippen LogP contribution in [0.5, 0.6) is 5.75 Å². The van der Waals surface area contributed by atoms with Crippen LogP contribution in [-0.4, -0.2) is 52.4 Å². The molecule has 1 saturated heterocycles. The van der Waals surface area contributed by atoms with Crippen LogP contribution in [-0.2, 0) is 11.8 Å². The van der Waals surface area contributed by atoms with Gasteiger partial charge in [0.2, 0.25) is 0 Å². The number of H-pyrrole nitrogens is 1. The van der Waals surface area contributed by atoms with E-state index in [4.69, 9.17) is 9.47 Å². The highest BCUT2D eigenvalue weighted by Crippen LogP contribution is 2.33. The molecule has 3 heterocycles. The summed E-state index contributed by atoms with van der Waals surface area (Å²) in [6.07, 6.45) is 0.0374. The maximum Gasteiger partial charge on any atom is 0.290 e. The van der Waals surface area contributed by atoms with E-state index >= 15 is 0 Å². The van der Waals surface area contributed by atoms with Crippen LogP contribution >= 0.6 is 0 Å². The Morgan fingerprint density at radius 3 is 2.78 bits per heavy atom. The molecular weight excluding hydrogens is 346 g/mol. The van der Waals surface area contributed by atoms with Gasteiger partial charge in [0, 0.05) is 20.1 Å². The van der Waals surface area contributed by atoms with Crippen LogP contribution in [0.25, 0.3) is 22.3 Å². The number of benzene rings is 1. The summed E-state index contributed by atoms with van der Waals surface area (Å²) in [6.45, 7) is 6.56. The highest BCUT2D eigenvalue weighted by atomic mass is 16.5. The molecule has 1 fully saturated rings. The van der Waals surface area contributed by atoms with Gasteiger partial charge in [0.1, 0.15) is 22.8 Å². The van der Waals surface area contributed by atoms with E-state index in [0.29, 0.717) is 43.4 Å². The summed E-state index contributed by atoms with van der Waals surface area (Å²) >= 11 is 0. The first-order valence-corrected chi connectivity index (χ1v) is 9.10. The standard InChI is InChI=1S/C19H23N5O3/c1-12(2)27-16-6-4-5-13-17(16)18(21-20-13)14-11-15(19(25)23(3)22-14)24-7-9-26-10-8-24/h4-6,11-12H,7-10H2,1-3H3,(H,20,21). The fourth-order valence-corrected chi connectivity index (χ4v) is 3.32. The monoisotopic (exact) mass is 369 g/mol. The van der Waals surface area contributed by atoms with Gasteiger partial charge < -0.3 is 14.4 Å². The van der Waals surface area contributed by atoms with E-state index in [1.807, 2.05) is 43.0 Å². The van der Waals surface area contributed by atoms with Crippen LogP contribution in [0.15, 0.2) is 29.1 Å². The van der Waals surface area contributed by atoms with Gasteiger partial charge in [-0.05, 0) is 32.0 Å². The quantitative estimate of drug-likeness (QED) is 0.757. The summed E-state index contributed by atoms with van der Waals surface area (Å²) in [5, 5.41) is 12.8. The highest BCUT2D eigenvalue weighted by Gasteiger charge is 2.21. The van der Waals surface area contributed by atoms with E-state index in [1.165, 1.54) is 4.68 Å². The third kappa shape index (κ3) is 3.28. The molecule has 1 aliphatic rings. The van der Waals surface area contributed by atoms with Gasteiger partial charge in [0.15, 0.2) is 0 Å². The summed E-state index contributed by atoms with van der Waals surface area (Å²) in [5.74, 6) is 0.745. The fourth-order valence-electron chi connectivity index (χ4n) is 3.32. The molecule has 27 heavy (non-hydrogen) atoms. The number of aromatic amines is 1. The lowest BCUT2D eigenvalue weighted by Crippen LogP contribution is -2.40. The Bertz CT molecular complexity index is 1020. The normalized spacial score (nSPS) is 14.9. The van der Waals surface area contributed by atoms with Gasteiger partial charge >= 0.3 is 0 Å². The minimum atomic E-state index is -0.126. The van der Waals surface area contributed by atoms with Crippen molar-refractivity contribution < 1.29 is 9.47 Å². The Balaban J connectivity index is 1.86. The summed E-state index contributed by atoms with van der Waals surface area (Å²) in [5.41, 5.74) is 2.66. The zero-order valence-corrected chi connectivity index (χ0v) is 15.7. The van der Waals surface area contributed by atoms with Crippen LogP contribution in [0.4, 0.5) is 5.69 Å². The third-order valence-corrected chi connectivity index (χ3v) is 4.55. The zero-order valence-electron chi connectivity index (χ0n) is 15.7. The Kier molecular flexibility index (Phi) is 4.57. The molecule has 0 unspecified atom stereocenters. The van der Waals surface area contributed by atoms with Crippen molar-refractivity contribution in [3.05, 3.63) is 34.6 Å². The Morgan fingerprint density at radius 2 is 2.04 bits per heavy atom. The first-order valence-electron chi connectivity index (χ1n) is 9.10. The molecule has 0 atom stereocenters. The van der Waals surface area contributed by atoms with Gasteiger partial charge in [-0.3, -0.25) is 9.89 Å². The van der Waals surface area contributed by atoms with E-state index in [1.54, 1.807) is 7.05 Å². The summed E-state index contributed by atoms with van der Waals surface area (Å²) in [7, 11) is 1.66. The highest BCUT2D eigenvalue weighted by molar-refractivity contribution is 5.97. The molecule has 2 aromatic heterocycles. The van der Waals surface area contributed by atoms with Gasteiger partial charge in [0.25, 0.3) is 5.56 Å². The Morgan fingerprint density at radius 1 is 1.26 bits per heavy atom. The van der Waals surface area contributed by atoms with Crippen molar-refractivity contribution in [2.45, 2.75) is 20.0 Å². The number of aromatic nitrogens is 4. The number of anilines is 1. The maximum absolute atomic E-state index is 12.6. The molecule has 0 radical (unpaired) electrons. The molecule has 0 spiro atoms. The molecule has 3 aromatic rings. The molecule has 0 bridgehead atoms. The molecular formula is C19H23N5O3. The average molecular weight is 369 g/mol. The predicted molar refractivity (Wildman–Crippen MR) is 103 cm³/mol. The first kappa shape index (κ1) is 17.5. The zero-order chi connectivity index (χ0) is 19.0. The lowest BCUT2D eigenvalue weighted by molar-refractivity contribution is 0.122. The van der Waals surface area contributed by atoms with Crippen LogP contribution in [0.1, 0.15) is 13.8 Å². The van der Waals surface area contributed by atoms with E-state index in [-0.39, 0.29) is 11.7 Å². The molecule has 0 aliphatic carbocycles. The molecule has 142 valence electrons. The van der Waals surface area contributed by atoms with Crippen molar-refractivity contribution in [3.8, 4) is 17.1 Å². The van der Waals surface area contributed by atoms with E-state index < -0.39 is 0 Å². The van der Waals surface area contributed by atoms with Gasteiger partial charge in [-0.1, -0.05) is 6.07 Å². The largest absolute Gasteiger partial charge is 0.490 e. The van der Waals surface area contributed by atoms with E-state index in [2.05, 4.69) is 15.3 Å². The van der Waals surface area contributed by atoms with Crippen molar-refractivity contribution in [1.29, 1.82) is 0 Å². The lowest BCUT2D eigenvalue weighted by Gasteiger charge is -2.28. The van der Waals surface area contributed by atoms with E-state index in [9.17, 15) is 4.79 Å². The molecule has 8 nitrogen and oxygen atoms in total. The molecule has 1 aromatic carbocycles. The average Bonchev–Trinajstić information content (AvgIpc) is 3.09. The smallest absolute Gasteiger partial charge is 0.290 e. The number of hydrogen-bond acceptors (Lipinski definition) is 6. The van der Waals surface area contributed by atoms with Crippen molar-refractivity contribution in [2.75, 3.05) is 31.2 Å². The topological polar surface area (TPSA) is 85.3 Å². The fraction of sp³-hybridized carbons (Fsp3) is 0.421. The minimum Gasteiger partial charge on any atom is -0.490 e. The van der Waals surface area contributed by atoms with Gasteiger partial charge in [-0.2, -0.15) is 10.2 Å². The van der Waals surface area contributed by atoms with Gasteiger partial charge in [-0.25, -0.2) is 4.68 Å². The second kappa shape index (κ2) is 7.03. The number of rotatable bonds is 4. The number of fused-ring (bicyclic) bond motifs is 1. The number of nitrogens with one attached hydrogen (secondary N) is 1. The molecule has 8 heteroatoms. The minimum absolute atomic E-state index is 0.0374. The number of morpholine rings is 1. The van der Waals surface area contributed by atoms with Crippen molar-refractivity contribution in [2.24, 2.45) is 7.05 Å². The third-order valence-electron chi connectivity index (χ3n) is 4.55. The maximum atomic E-state index is 12.6. The number of hydrogen-bond donors (Lipinski definition) is 1. The van der Waals surface area contributed by atoms with Crippen molar-refractivity contribution in [1.82, 2.24) is 20.0 Å². The molecule has 1 aliphatic heterocycles. The first-order chi connectivity index (χ1) is 13.0.